The van der Waals surface area contributed by atoms with Crippen LogP contribution < -0.4 is 14.8 Å². The zero-order chi connectivity index (χ0) is 29.0. The highest BCUT2D eigenvalue weighted by atomic mass is 79.9. The van der Waals surface area contributed by atoms with Crippen LogP contribution >= 0.6 is 15.9 Å². The van der Waals surface area contributed by atoms with Gasteiger partial charge in [0.15, 0.2) is 5.69 Å². The van der Waals surface area contributed by atoms with E-state index in [4.69, 9.17) is 14.2 Å². The molecule has 2 aromatic heterocycles. The minimum absolute atomic E-state index is 0.0363. The summed E-state index contributed by atoms with van der Waals surface area (Å²) in [4.78, 5) is 35.0. The highest BCUT2D eigenvalue weighted by molar-refractivity contribution is 9.10. The lowest BCUT2D eigenvalue weighted by molar-refractivity contribution is 0.0594. The number of esters is 1. The van der Waals surface area contributed by atoms with Gasteiger partial charge < -0.3 is 19.5 Å². The first kappa shape index (κ1) is 28.8. The van der Waals surface area contributed by atoms with Crippen LogP contribution in [0.2, 0.25) is 0 Å². The van der Waals surface area contributed by atoms with Gasteiger partial charge in [-0.2, -0.15) is 5.26 Å². The number of hydrogen-bond donors (Lipinski definition) is 1. The molecule has 0 aliphatic heterocycles. The molecule has 206 valence electrons. The molecule has 0 saturated carbocycles. The van der Waals surface area contributed by atoms with Crippen LogP contribution in [0, 0.1) is 23.2 Å². The van der Waals surface area contributed by atoms with Crippen LogP contribution in [0.1, 0.15) is 54.2 Å². The predicted octanol–water partition coefficient (Wildman–Crippen LogP) is 6.53. The Morgan fingerprint density at radius 3 is 2.25 bits per heavy atom. The van der Waals surface area contributed by atoms with Crippen LogP contribution in [-0.4, -0.2) is 42.2 Å². The third-order valence-electron chi connectivity index (χ3n) is 5.82. The molecule has 0 aliphatic rings. The van der Waals surface area contributed by atoms with Gasteiger partial charge in [0.25, 0.3) is 5.91 Å². The normalized spacial score (nSPS) is 11.1. The summed E-state index contributed by atoms with van der Waals surface area (Å²) in [5.74, 6) is 0.182. The van der Waals surface area contributed by atoms with Crippen molar-refractivity contribution in [2.75, 3.05) is 25.6 Å². The molecule has 0 fully saturated rings. The van der Waals surface area contributed by atoms with Crippen molar-refractivity contribution in [1.82, 2.24) is 9.97 Å². The Morgan fingerprint density at radius 2 is 1.60 bits per heavy atom. The largest absolute Gasteiger partial charge is 0.493 e. The van der Waals surface area contributed by atoms with E-state index in [1.54, 1.807) is 36.4 Å². The number of halogens is 1. The Morgan fingerprint density at radius 1 is 0.950 bits per heavy atom. The Kier molecular flexibility index (Phi) is 8.85. The van der Waals surface area contributed by atoms with Gasteiger partial charge in [0.05, 0.1) is 48.0 Å². The fraction of sp³-hybridized carbons (Fsp3) is 0.300. The van der Waals surface area contributed by atoms with E-state index in [0.717, 1.165) is 0 Å². The number of nitriles is 1. The summed E-state index contributed by atoms with van der Waals surface area (Å²) in [5, 5.41) is 13.8. The van der Waals surface area contributed by atoms with Crippen LogP contribution in [0.25, 0.3) is 21.8 Å². The summed E-state index contributed by atoms with van der Waals surface area (Å²) < 4.78 is 17.6. The zero-order valence-corrected chi connectivity index (χ0v) is 24.5. The zero-order valence-electron chi connectivity index (χ0n) is 22.9. The molecule has 1 amide bonds. The third kappa shape index (κ3) is 6.15. The molecule has 2 aromatic carbocycles. The molecule has 1 N–H and O–H groups in total. The lowest BCUT2D eigenvalue weighted by atomic mass is 10.1. The third-order valence-corrected chi connectivity index (χ3v) is 6.48. The molecule has 0 unspecified atom stereocenters. The molecule has 0 saturated heterocycles. The number of nitrogens with zero attached hydrogens (tertiary/aromatic N) is 3. The number of hydrogen-bond acceptors (Lipinski definition) is 8. The number of amides is 1. The van der Waals surface area contributed by atoms with Crippen molar-refractivity contribution in [3.8, 4) is 17.6 Å². The molecule has 9 nitrogen and oxygen atoms in total. The first-order valence-electron chi connectivity index (χ1n) is 12.7. The highest BCUT2D eigenvalue weighted by Gasteiger charge is 2.21. The number of para-hydroxylation sites is 1. The number of ether oxygens (including phenoxy) is 3. The number of carbonyl (C=O) groups excluding carboxylic acids is 2. The predicted molar refractivity (Wildman–Crippen MR) is 156 cm³/mol. The van der Waals surface area contributed by atoms with E-state index in [1.807, 2.05) is 27.7 Å². The topological polar surface area (TPSA) is 123 Å². The van der Waals surface area contributed by atoms with Crippen molar-refractivity contribution in [2.24, 2.45) is 11.8 Å². The Labute approximate surface area is 240 Å². The number of anilines is 1. The number of pyridine rings is 2. The summed E-state index contributed by atoms with van der Waals surface area (Å²) >= 11 is 3.55. The first-order valence-corrected chi connectivity index (χ1v) is 13.5. The molecule has 40 heavy (non-hydrogen) atoms. The van der Waals surface area contributed by atoms with Gasteiger partial charge in [-0.3, -0.25) is 4.79 Å². The van der Waals surface area contributed by atoms with Crippen LogP contribution in [0.4, 0.5) is 5.69 Å². The number of carbonyl (C=O) groups is 2. The van der Waals surface area contributed by atoms with Crippen LogP contribution in [-0.2, 0) is 4.74 Å². The second-order valence-corrected chi connectivity index (χ2v) is 10.9. The second kappa shape index (κ2) is 12.3. The molecule has 0 aliphatic carbocycles. The summed E-state index contributed by atoms with van der Waals surface area (Å²) in [6.07, 6.45) is 0. The molecule has 0 bridgehead atoms. The molecule has 4 aromatic rings. The summed E-state index contributed by atoms with van der Waals surface area (Å²) in [6, 6.07) is 13.9. The lowest BCUT2D eigenvalue weighted by Crippen LogP contribution is -2.16. The maximum absolute atomic E-state index is 13.6. The van der Waals surface area contributed by atoms with E-state index < -0.39 is 11.9 Å². The van der Waals surface area contributed by atoms with Gasteiger partial charge >= 0.3 is 5.97 Å². The smallest absolute Gasteiger partial charge is 0.356 e. The lowest BCUT2D eigenvalue weighted by Gasteiger charge is -2.16. The van der Waals surface area contributed by atoms with Gasteiger partial charge in [0.1, 0.15) is 23.3 Å². The second-order valence-electron chi connectivity index (χ2n) is 10.00. The molecule has 0 spiro atoms. The number of benzene rings is 2. The minimum Gasteiger partial charge on any atom is -0.493 e. The Balaban J connectivity index is 1.83. The molecular weight excluding hydrogens is 576 g/mol. The average molecular weight is 605 g/mol. The summed E-state index contributed by atoms with van der Waals surface area (Å²) in [6.45, 7) is 8.89. The van der Waals surface area contributed by atoms with Gasteiger partial charge in [-0.05, 0) is 52.0 Å². The molecule has 4 rings (SSSR count). The molecule has 10 heteroatoms. The molecule has 0 atom stereocenters. The van der Waals surface area contributed by atoms with Crippen LogP contribution in [0.3, 0.4) is 0 Å². The van der Waals surface area contributed by atoms with Crippen molar-refractivity contribution in [3.63, 3.8) is 0 Å². The summed E-state index contributed by atoms with van der Waals surface area (Å²) in [7, 11) is 1.27. The molecule has 2 heterocycles. The molecule has 0 radical (unpaired) electrons. The van der Waals surface area contributed by atoms with Crippen LogP contribution in [0.15, 0.2) is 46.9 Å². The Hall–Kier alpha value is -4.23. The van der Waals surface area contributed by atoms with Crippen molar-refractivity contribution in [2.45, 2.75) is 27.7 Å². The molecular formula is C30H29BrN4O5. The standard InChI is InChI=1S/C30H29BrN4O5/c1-16(2)14-39-24-11-22(33-27-18(13-32)7-6-8-19(24)27)29(36)35-21-10-9-20(31)26-25(40-15-17(3)4)12-23(30(37)38-5)34-28(21)26/h6-12,16-17H,14-15H2,1-5H3,(H,35,36). The maximum Gasteiger partial charge on any atom is 0.356 e. The number of rotatable bonds is 9. The summed E-state index contributed by atoms with van der Waals surface area (Å²) in [5.41, 5.74) is 1.46. The van der Waals surface area contributed by atoms with Crippen molar-refractivity contribution in [3.05, 3.63) is 63.9 Å². The van der Waals surface area contributed by atoms with E-state index in [0.29, 0.717) is 62.2 Å². The van der Waals surface area contributed by atoms with Gasteiger partial charge in [0.2, 0.25) is 0 Å². The average Bonchev–Trinajstić information content (AvgIpc) is 2.94. The highest BCUT2D eigenvalue weighted by Crippen LogP contribution is 2.37. The number of aromatic nitrogens is 2. The van der Waals surface area contributed by atoms with Gasteiger partial charge in [-0.1, -0.05) is 33.8 Å². The van der Waals surface area contributed by atoms with E-state index >= 15 is 0 Å². The quantitative estimate of drug-likeness (QED) is 0.214. The number of fused-ring (bicyclic) bond motifs is 2. The van der Waals surface area contributed by atoms with Crippen molar-refractivity contribution in [1.29, 1.82) is 5.26 Å². The first-order chi connectivity index (χ1) is 19.1. The van der Waals surface area contributed by atoms with Crippen LogP contribution in [0.5, 0.6) is 11.5 Å². The van der Waals surface area contributed by atoms with E-state index in [-0.39, 0.29) is 23.2 Å². The number of nitrogens with one attached hydrogen (secondary N) is 1. The van der Waals surface area contributed by atoms with E-state index in [1.165, 1.54) is 13.2 Å². The fourth-order valence-electron chi connectivity index (χ4n) is 3.93. The van der Waals surface area contributed by atoms with Gasteiger partial charge in [-0.15, -0.1) is 0 Å². The SMILES string of the molecule is COC(=O)c1cc(OCC(C)C)c2c(Br)ccc(NC(=O)c3cc(OCC(C)C)c4cccc(C#N)c4n3)c2n1. The van der Waals surface area contributed by atoms with E-state index in [9.17, 15) is 14.9 Å². The van der Waals surface area contributed by atoms with E-state index in [2.05, 4.69) is 37.3 Å². The number of methoxy groups -OCH3 is 1. The van der Waals surface area contributed by atoms with Gasteiger partial charge in [0, 0.05) is 22.0 Å². The minimum atomic E-state index is -0.638. The monoisotopic (exact) mass is 604 g/mol. The maximum atomic E-state index is 13.6. The van der Waals surface area contributed by atoms with Crippen molar-refractivity contribution >= 4 is 55.3 Å². The fourth-order valence-corrected chi connectivity index (χ4v) is 4.45. The Bertz CT molecular complexity index is 1650. The van der Waals surface area contributed by atoms with Crippen molar-refractivity contribution < 1.29 is 23.8 Å². The van der Waals surface area contributed by atoms with Gasteiger partial charge in [-0.25, -0.2) is 14.8 Å².